The lowest BCUT2D eigenvalue weighted by Gasteiger charge is -2.11. The van der Waals surface area contributed by atoms with E-state index in [0.717, 1.165) is 5.56 Å². The maximum Gasteiger partial charge on any atom is 0.262 e. The van der Waals surface area contributed by atoms with Crippen molar-refractivity contribution in [1.82, 2.24) is 19.3 Å². The first-order chi connectivity index (χ1) is 13.5. The van der Waals surface area contributed by atoms with Crippen molar-refractivity contribution in [2.45, 2.75) is 13.1 Å². The van der Waals surface area contributed by atoms with Crippen LogP contribution < -0.4 is 10.9 Å². The summed E-state index contributed by atoms with van der Waals surface area (Å²) in [4.78, 5) is 29.7. The zero-order valence-electron chi connectivity index (χ0n) is 14.3. The highest BCUT2D eigenvalue weighted by molar-refractivity contribution is 7.16. The Balaban J connectivity index is 1.51. The summed E-state index contributed by atoms with van der Waals surface area (Å²) in [6, 6.07) is 8.70. The fourth-order valence-corrected chi connectivity index (χ4v) is 3.84. The first-order valence-electron chi connectivity index (χ1n) is 8.20. The number of halogens is 2. The molecule has 3 aromatic heterocycles. The molecule has 1 N–H and O–H groups in total. The normalized spacial score (nSPS) is 11.1. The van der Waals surface area contributed by atoms with Crippen LogP contribution in [0.2, 0.25) is 10.0 Å². The number of benzene rings is 1. The van der Waals surface area contributed by atoms with E-state index in [2.05, 4.69) is 15.4 Å². The van der Waals surface area contributed by atoms with Crippen LogP contribution in [-0.2, 0) is 17.9 Å². The van der Waals surface area contributed by atoms with Gasteiger partial charge in [-0.25, -0.2) is 9.67 Å². The van der Waals surface area contributed by atoms with E-state index < -0.39 is 0 Å². The Morgan fingerprint density at radius 2 is 2.07 bits per heavy atom. The van der Waals surface area contributed by atoms with Crippen molar-refractivity contribution in [3.8, 4) is 0 Å². The van der Waals surface area contributed by atoms with Crippen LogP contribution in [0.25, 0.3) is 10.2 Å². The number of anilines is 1. The quantitative estimate of drug-likeness (QED) is 0.520. The van der Waals surface area contributed by atoms with Gasteiger partial charge in [0.2, 0.25) is 5.91 Å². The summed E-state index contributed by atoms with van der Waals surface area (Å²) in [6.07, 6.45) is 2.95. The lowest BCUT2D eigenvalue weighted by Crippen LogP contribution is -2.28. The minimum Gasteiger partial charge on any atom is -0.309 e. The number of aromatic nitrogens is 4. The van der Waals surface area contributed by atoms with Crippen molar-refractivity contribution >= 4 is 56.5 Å². The Morgan fingerprint density at radius 1 is 1.21 bits per heavy atom. The molecule has 7 nitrogen and oxygen atoms in total. The van der Waals surface area contributed by atoms with Gasteiger partial charge in [0.15, 0.2) is 0 Å². The highest BCUT2D eigenvalue weighted by Crippen LogP contribution is 2.26. The van der Waals surface area contributed by atoms with Gasteiger partial charge in [-0.15, -0.1) is 11.3 Å². The van der Waals surface area contributed by atoms with Gasteiger partial charge in [0.1, 0.15) is 17.2 Å². The Morgan fingerprint density at radius 3 is 2.93 bits per heavy atom. The van der Waals surface area contributed by atoms with Crippen molar-refractivity contribution in [2.24, 2.45) is 0 Å². The molecule has 0 saturated carbocycles. The van der Waals surface area contributed by atoms with Crippen LogP contribution in [-0.4, -0.2) is 25.2 Å². The molecule has 4 rings (SSSR count). The lowest BCUT2D eigenvalue weighted by molar-refractivity contribution is -0.116. The summed E-state index contributed by atoms with van der Waals surface area (Å²) in [5.74, 6) is 0.121. The van der Waals surface area contributed by atoms with Crippen molar-refractivity contribution < 1.29 is 4.79 Å². The van der Waals surface area contributed by atoms with Gasteiger partial charge in [0, 0.05) is 6.07 Å². The number of thiophene rings is 1. The van der Waals surface area contributed by atoms with Crippen LogP contribution in [0.5, 0.6) is 0 Å². The first kappa shape index (κ1) is 18.7. The maximum atomic E-state index is 12.4. The largest absolute Gasteiger partial charge is 0.309 e. The third-order valence-corrected chi connectivity index (χ3v) is 5.78. The minimum absolute atomic E-state index is 0.152. The fourth-order valence-electron chi connectivity index (χ4n) is 2.74. The van der Waals surface area contributed by atoms with Gasteiger partial charge in [0.05, 0.1) is 34.5 Å². The van der Waals surface area contributed by atoms with Crippen LogP contribution in [0.15, 0.2) is 53.0 Å². The highest BCUT2D eigenvalue weighted by atomic mass is 35.5. The Bertz CT molecular complexity index is 1230. The molecule has 0 fully saturated rings. The van der Waals surface area contributed by atoms with E-state index in [1.165, 1.54) is 22.2 Å². The zero-order chi connectivity index (χ0) is 19.7. The van der Waals surface area contributed by atoms with Crippen LogP contribution in [0.4, 0.5) is 5.82 Å². The van der Waals surface area contributed by atoms with Gasteiger partial charge in [-0.3, -0.25) is 14.2 Å². The van der Waals surface area contributed by atoms with Crippen LogP contribution in [0.1, 0.15) is 5.56 Å². The van der Waals surface area contributed by atoms with Crippen molar-refractivity contribution in [2.75, 3.05) is 5.32 Å². The number of amides is 1. The standard InChI is InChI=1S/C18H13Cl2N5O2S/c19-13-3-1-2-11(16(13)20)8-25-14(4-6-22-25)23-15(26)9-24-10-21-17-12(18(24)27)5-7-28-17/h1-7,10H,8-9H2,(H,23,26). The molecule has 142 valence electrons. The van der Waals surface area contributed by atoms with Crippen molar-refractivity contribution in [3.05, 3.63) is 74.2 Å². The number of hydrogen-bond donors (Lipinski definition) is 1. The predicted octanol–water partition coefficient (Wildman–Crippen LogP) is 3.65. The number of carbonyl (C=O) groups is 1. The molecule has 1 aromatic carbocycles. The molecule has 0 bridgehead atoms. The van der Waals surface area contributed by atoms with Crippen LogP contribution in [0.3, 0.4) is 0 Å². The monoisotopic (exact) mass is 433 g/mol. The molecule has 0 saturated heterocycles. The Kier molecular flexibility index (Phi) is 5.17. The van der Waals surface area contributed by atoms with E-state index in [4.69, 9.17) is 23.2 Å². The van der Waals surface area contributed by atoms with Crippen molar-refractivity contribution in [1.29, 1.82) is 0 Å². The average Bonchev–Trinajstić information content (AvgIpc) is 3.31. The molecular weight excluding hydrogens is 421 g/mol. The molecule has 0 atom stereocenters. The van der Waals surface area contributed by atoms with E-state index in [9.17, 15) is 9.59 Å². The zero-order valence-corrected chi connectivity index (χ0v) is 16.6. The first-order valence-corrected chi connectivity index (χ1v) is 9.83. The second kappa shape index (κ2) is 7.75. The van der Waals surface area contributed by atoms with Gasteiger partial charge in [0.25, 0.3) is 5.56 Å². The topological polar surface area (TPSA) is 81.8 Å². The van der Waals surface area contributed by atoms with Gasteiger partial charge in [-0.05, 0) is 23.1 Å². The van der Waals surface area contributed by atoms with Crippen molar-refractivity contribution in [3.63, 3.8) is 0 Å². The molecule has 10 heteroatoms. The van der Waals surface area contributed by atoms with Gasteiger partial charge < -0.3 is 5.32 Å². The number of hydrogen-bond acceptors (Lipinski definition) is 5. The second-order valence-electron chi connectivity index (χ2n) is 5.95. The van der Waals surface area contributed by atoms with E-state index in [1.54, 1.807) is 40.5 Å². The average molecular weight is 434 g/mol. The smallest absolute Gasteiger partial charge is 0.262 e. The number of rotatable bonds is 5. The van der Waals surface area contributed by atoms with Crippen LogP contribution >= 0.6 is 34.5 Å². The maximum absolute atomic E-state index is 12.4. The molecule has 3 heterocycles. The molecule has 0 aliphatic rings. The fraction of sp³-hybridized carbons (Fsp3) is 0.111. The van der Waals surface area contributed by atoms with Gasteiger partial charge >= 0.3 is 0 Å². The van der Waals surface area contributed by atoms with Crippen LogP contribution in [0, 0.1) is 0 Å². The predicted molar refractivity (Wildman–Crippen MR) is 110 cm³/mol. The minimum atomic E-state index is -0.363. The third kappa shape index (κ3) is 3.66. The number of nitrogens with one attached hydrogen (secondary N) is 1. The Hall–Kier alpha value is -2.68. The molecule has 28 heavy (non-hydrogen) atoms. The summed E-state index contributed by atoms with van der Waals surface area (Å²) < 4.78 is 2.87. The molecule has 0 aliphatic heterocycles. The molecule has 1 amide bonds. The van der Waals surface area contributed by atoms with Gasteiger partial charge in [-0.2, -0.15) is 5.10 Å². The summed E-state index contributed by atoms with van der Waals surface area (Å²) >= 11 is 13.7. The Labute approximate surface area is 173 Å². The van der Waals surface area contributed by atoms with E-state index >= 15 is 0 Å². The third-order valence-electron chi connectivity index (χ3n) is 4.10. The van der Waals surface area contributed by atoms with E-state index in [-0.39, 0.29) is 18.0 Å². The molecule has 0 aliphatic carbocycles. The molecule has 0 spiro atoms. The SMILES string of the molecule is O=C(Cn1cnc2sccc2c1=O)Nc1ccnn1Cc1cccc(Cl)c1Cl. The molecule has 0 unspecified atom stereocenters. The lowest BCUT2D eigenvalue weighted by atomic mass is 10.2. The second-order valence-corrected chi connectivity index (χ2v) is 7.63. The summed E-state index contributed by atoms with van der Waals surface area (Å²) in [6.45, 7) is 0.186. The number of carbonyl (C=O) groups excluding carboxylic acids is 1. The molecule has 0 radical (unpaired) electrons. The number of fused-ring (bicyclic) bond motifs is 1. The highest BCUT2D eigenvalue weighted by Gasteiger charge is 2.13. The van der Waals surface area contributed by atoms with E-state index in [1.807, 2.05) is 6.07 Å². The van der Waals surface area contributed by atoms with Gasteiger partial charge in [-0.1, -0.05) is 35.3 Å². The number of nitrogens with zero attached hydrogens (tertiary/aromatic N) is 4. The summed E-state index contributed by atoms with van der Waals surface area (Å²) in [5, 5.41) is 10.2. The summed E-state index contributed by atoms with van der Waals surface area (Å²) in [7, 11) is 0. The molecular formula is C18H13Cl2N5O2S. The van der Waals surface area contributed by atoms with E-state index in [0.29, 0.717) is 32.6 Å². The summed E-state index contributed by atoms with van der Waals surface area (Å²) in [5.41, 5.74) is 0.525. The molecule has 4 aromatic rings.